The number of hydrogen-bond donors (Lipinski definition) is 0. The normalized spacial score (nSPS) is 11.4. The number of aromatic nitrogens is 2. The molecule has 2 aromatic heterocycles. The van der Waals surface area contributed by atoms with E-state index in [1.165, 1.54) is 0 Å². The molecule has 5 nitrogen and oxygen atoms in total. The van der Waals surface area contributed by atoms with E-state index >= 15 is 0 Å². The van der Waals surface area contributed by atoms with Gasteiger partial charge in [-0.05, 0) is 67.3 Å². The minimum absolute atomic E-state index is 0.0617. The van der Waals surface area contributed by atoms with Crippen molar-refractivity contribution in [1.29, 1.82) is 0 Å². The lowest BCUT2D eigenvalue weighted by Crippen LogP contribution is -2.21. The smallest absolute Gasteiger partial charge is 0.209 e. The second-order valence-corrected chi connectivity index (χ2v) is 8.97. The third kappa shape index (κ3) is 4.12. The molecule has 0 aliphatic heterocycles. The highest BCUT2D eigenvalue weighted by atomic mass is 35.5. The standard InChI is InChI=1S/C28H22ClN3O2/c1-31(2)16-27(33)23-14-26(28(34)19-9-11-22(29)12-10-19)32-17-30-24(15-25(23)32)21-8-7-18-5-3-4-6-20(18)13-21/h3-15,17H,16H2,1-2H3. The molecule has 0 saturated carbocycles. The summed E-state index contributed by atoms with van der Waals surface area (Å²) in [6.45, 7) is 0.238. The largest absolute Gasteiger partial charge is 0.302 e. The second-order valence-electron chi connectivity index (χ2n) is 8.53. The fraction of sp³-hybridized carbons (Fsp3) is 0.107. The Bertz CT molecular complexity index is 1550. The summed E-state index contributed by atoms with van der Waals surface area (Å²) in [4.78, 5) is 32.9. The van der Waals surface area contributed by atoms with Crippen LogP contribution in [0.15, 0.2) is 85.2 Å². The predicted octanol–water partition coefficient (Wildman–Crippen LogP) is 5.78. The molecule has 0 atom stereocenters. The summed E-state index contributed by atoms with van der Waals surface area (Å²) in [5, 5.41) is 2.81. The number of hydrogen-bond acceptors (Lipinski definition) is 4. The first-order valence-corrected chi connectivity index (χ1v) is 11.3. The quantitative estimate of drug-likeness (QED) is 0.297. The first kappa shape index (κ1) is 22.0. The highest BCUT2D eigenvalue weighted by Gasteiger charge is 2.22. The maximum absolute atomic E-state index is 13.3. The zero-order valence-electron chi connectivity index (χ0n) is 18.8. The molecule has 5 aromatic rings. The van der Waals surface area contributed by atoms with Crippen LogP contribution in [-0.4, -0.2) is 46.5 Å². The summed E-state index contributed by atoms with van der Waals surface area (Å²) in [5.41, 5.74) is 3.71. The van der Waals surface area contributed by atoms with E-state index in [0.717, 1.165) is 22.0 Å². The van der Waals surface area contributed by atoms with E-state index < -0.39 is 0 Å². The van der Waals surface area contributed by atoms with E-state index in [1.807, 2.05) is 43.3 Å². The highest BCUT2D eigenvalue weighted by Crippen LogP contribution is 2.27. The van der Waals surface area contributed by atoms with E-state index in [1.54, 1.807) is 41.1 Å². The van der Waals surface area contributed by atoms with Crippen molar-refractivity contribution >= 4 is 39.5 Å². The van der Waals surface area contributed by atoms with Crippen LogP contribution in [0.2, 0.25) is 5.02 Å². The van der Waals surface area contributed by atoms with Crippen LogP contribution in [0, 0.1) is 0 Å². The number of halogens is 1. The maximum atomic E-state index is 13.3. The zero-order valence-corrected chi connectivity index (χ0v) is 19.6. The topological polar surface area (TPSA) is 54.7 Å². The van der Waals surface area contributed by atoms with Crippen molar-refractivity contribution in [2.75, 3.05) is 20.6 Å². The maximum Gasteiger partial charge on any atom is 0.209 e. The third-order valence-electron chi connectivity index (χ3n) is 5.81. The third-order valence-corrected chi connectivity index (χ3v) is 6.06. The lowest BCUT2D eigenvalue weighted by molar-refractivity contribution is 0.0959. The molecule has 0 bridgehead atoms. The molecule has 0 N–H and O–H groups in total. The molecular weight excluding hydrogens is 446 g/mol. The molecule has 2 heterocycles. The molecule has 0 unspecified atom stereocenters. The van der Waals surface area contributed by atoms with Gasteiger partial charge in [-0.2, -0.15) is 0 Å². The summed E-state index contributed by atoms with van der Waals surface area (Å²) < 4.78 is 1.70. The Morgan fingerprint density at radius 2 is 1.65 bits per heavy atom. The Balaban J connectivity index is 1.66. The first-order valence-electron chi connectivity index (χ1n) is 10.9. The lowest BCUT2D eigenvalue weighted by Gasteiger charge is -2.09. The fourth-order valence-electron chi connectivity index (χ4n) is 4.12. The Kier molecular flexibility index (Phi) is 5.74. The first-order chi connectivity index (χ1) is 16.4. The summed E-state index contributed by atoms with van der Waals surface area (Å²) in [7, 11) is 3.69. The SMILES string of the molecule is CN(C)CC(=O)c1cc(C(=O)c2ccc(Cl)cc2)n2cnc(-c3ccc4ccccc4c3)cc12. The number of carbonyl (C=O) groups is 2. The van der Waals surface area contributed by atoms with Crippen LogP contribution in [0.3, 0.4) is 0 Å². The number of Topliss-reactive ketones (excluding diaryl/α,β-unsaturated/α-hetero) is 1. The van der Waals surface area contributed by atoms with Gasteiger partial charge < -0.3 is 4.90 Å². The van der Waals surface area contributed by atoms with Crippen LogP contribution in [0.25, 0.3) is 27.5 Å². The van der Waals surface area contributed by atoms with Crippen molar-refractivity contribution in [3.05, 3.63) is 107 Å². The van der Waals surface area contributed by atoms with Crippen LogP contribution in [-0.2, 0) is 0 Å². The van der Waals surface area contributed by atoms with E-state index in [2.05, 4.69) is 29.2 Å². The molecule has 0 radical (unpaired) electrons. The van der Waals surface area contributed by atoms with E-state index in [9.17, 15) is 9.59 Å². The fourth-order valence-corrected chi connectivity index (χ4v) is 4.25. The number of nitrogens with zero attached hydrogens (tertiary/aromatic N) is 3. The van der Waals surface area contributed by atoms with Gasteiger partial charge >= 0.3 is 0 Å². The van der Waals surface area contributed by atoms with Crippen LogP contribution in [0.5, 0.6) is 0 Å². The number of likely N-dealkylation sites (N-methyl/N-ethyl adjacent to an activating group) is 1. The summed E-state index contributed by atoms with van der Waals surface area (Å²) in [6.07, 6.45) is 1.62. The van der Waals surface area contributed by atoms with Gasteiger partial charge in [0.25, 0.3) is 0 Å². The summed E-state index contributed by atoms with van der Waals surface area (Å²) in [5.74, 6) is -0.260. The Hall–Kier alpha value is -3.80. The molecule has 0 aliphatic rings. The number of benzene rings is 3. The molecule has 0 spiro atoms. The van der Waals surface area contributed by atoms with Crippen molar-refractivity contribution in [3.63, 3.8) is 0 Å². The van der Waals surface area contributed by atoms with E-state index in [-0.39, 0.29) is 18.1 Å². The number of ketones is 2. The van der Waals surface area contributed by atoms with Crippen LogP contribution >= 0.6 is 11.6 Å². The zero-order chi connectivity index (χ0) is 23.8. The Morgan fingerprint density at radius 3 is 2.38 bits per heavy atom. The minimum atomic E-state index is -0.198. The number of fused-ring (bicyclic) bond motifs is 2. The lowest BCUT2D eigenvalue weighted by atomic mass is 10.0. The monoisotopic (exact) mass is 467 g/mol. The molecule has 0 aliphatic carbocycles. The molecule has 3 aromatic carbocycles. The molecule has 0 fully saturated rings. The van der Waals surface area contributed by atoms with Crippen molar-refractivity contribution in [3.8, 4) is 11.3 Å². The molecule has 34 heavy (non-hydrogen) atoms. The predicted molar refractivity (Wildman–Crippen MR) is 136 cm³/mol. The van der Waals surface area contributed by atoms with Gasteiger partial charge in [0.1, 0.15) is 6.33 Å². The van der Waals surface area contributed by atoms with Gasteiger partial charge in [0.2, 0.25) is 5.78 Å². The minimum Gasteiger partial charge on any atom is -0.302 e. The molecule has 0 amide bonds. The Labute approximate surface area is 202 Å². The van der Waals surface area contributed by atoms with Gasteiger partial charge in [0.15, 0.2) is 5.78 Å². The summed E-state index contributed by atoms with van der Waals surface area (Å²) in [6, 6.07) is 24.6. The molecule has 6 heteroatoms. The molecule has 168 valence electrons. The van der Waals surface area contributed by atoms with Crippen LogP contribution < -0.4 is 0 Å². The van der Waals surface area contributed by atoms with Crippen molar-refractivity contribution in [2.24, 2.45) is 0 Å². The average Bonchev–Trinajstić information content (AvgIpc) is 3.22. The van der Waals surface area contributed by atoms with Crippen LogP contribution in [0.1, 0.15) is 26.4 Å². The van der Waals surface area contributed by atoms with Gasteiger partial charge in [0, 0.05) is 21.7 Å². The van der Waals surface area contributed by atoms with Gasteiger partial charge in [-0.3, -0.25) is 14.0 Å². The van der Waals surface area contributed by atoms with Gasteiger partial charge in [-0.25, -0.2) is 4.98 Å². The summed E-state index contributed by atoms with van der Waals surface area (Å²) >= 11 is 5.99. The number of rotatable bonds is 6. The molecular formula is C28H22ClN3O2. The highest BCUT2D eigenvalue weighted by molar-refractivity contribution is 6.30. The number of carbonyl (C=O) groups excluding carboxylic acids is 2. The van der Waals surface area contributed by atoms with Gasteiger partial charge in [-0.1, -0.05) is 48.0 Å². The van der Waals surface area contributed by atoms with Crippen molar-refractivity contribution < 1.29 is 9.59 Å². The average molecular weight is 468 g/mol. The van der Waals surface area contributed by atoms with E-state index in [4.69, 9.17) is 11.6 Å². The molecule has 0 saturated heterocycles. The van der Waals surface area contributed by atoms with Gasteiger partial charge in [0.05, 0.1) is 23.4 Å². The van der Waals surface area contributed by atoms with Gasteiger partial charge in [-0.15, -0.1) is 0 Å². The Morgan fingerprint density at radius 1 is 0.912 bits per heavy atom. The van der Waals surface area contributed by atoms with Crippen LogP contribution in [0.4, 0.5) is 0 Å². The molecule has 5 rings (SSSR count). The van der Waals surface area contributed by atoms with Crippen molar-refractivity contribution in [2.45, 2.75) is 0 Å². The second kappa shape index (κ2) is 8.86. The van der Waals surface area contributed by atoms with E-state index in [0.29, 0.717) is 27.4 Å². The van der Waals surface area contributed by atoms with Crippen molar-refractivity contribution in [1.82, 2.24) is 14.3 Å².